The van der Waals surface area contributed by atoms with Crippen LogP contribution >= 0.6 is 24.0 Å². The first kappa shape index (κ1) is 26.4. The summed E-state index contributed by atoms with van der Waals surface area (Å²) in [6.45, 7) is 11.5. The normalized spacial score (nSPS) is 12.6. The van der Waals surface area contributed by atoms with Gasteiger partial charge in [0.1, 0.15) is 5.82 Å². The van der Waals surface area contributed by atoms with Crippen molar-refractivity contribution in [3.05, 3.63) is 52.6 Å². The summed E-state index contributed by atoms with van der Waals surface area (Å²) in [6, 6.07) is 6.89. The minimum absolute atomic E-state index is 0. The number of aromatic nitrogens is 2. The molecule has 0 aliphatic carbocycles. The Bertz CT molecular complexity index is 803. The highest BCUT2D eigenvalue weighted by Gasteiger charge is 2.14. The average Bonchev–Trinajstić information content (AvgIpc) is 2.90. The second kappa shape index (κ2) is 12.9. The number of halogens is 2. The van der Waals surface area contributed by atoms with Gasteiger partial charge in [-0.1, -0.05) is 12.1 Å². The van der Waals surface area contributed by atoms with Crippen molar-refractivity contribution in [2.45, 2.75) is 46.7 Å². The second-order valence-electron chi connectivity index (χ2n) is 7.65. The number of nitrogens with one attached hydrogen (secondary N) is 2. The van der Waals surface area contributed by atoms with Gasteiger partial charge >= 0.3 is 0 Å². The Morgan fingerprint density at radius 1 is 1.27 bits per heavy atom. The fraction of sp³-hybridized carbons (Fsp3) is 0.545. The van der Waals surface area contributed by atoms with E-state index in [4.69, 9.17) is 4.99 Å². The lowest BCUT2D eigenvalue weighted by Crippen LogP contribution is -2.43. The lowest BCUT2D eigenvalue weighted by molar-refractivity contribution is 0.336. The SMILES string of the molecule is CCNC(=NCCN(C)Cc1ccc(F)cc1)NC(C)Cc1c(C)nn(C)c1C.I. The molecule has 1 aromatic carbocycles. The molecule has 0 radical (unpaired) electrons. The highest BCUT2D eigenvalue weighted by atomic mass is 127. The van der Waals surface area contributed by atoms with Gasteiger partial charge in [-0.25, -0.2) is 4.39 Å². The number of benzene rings is 1. The van der Waals surface area contributed by atoms with Gasteiger partial charge in [0.2, 0.25) is 0 Å². The Morgan fingerprint density at radius 3 is 2.50 bits per heavy atom. The smallest absolute Gasteiger partial charge is 0.191 e. The Kier molecular flexibility index (Phi) is 11.3. The maximum absolute atomic E-state index is 13.0. The van der Waals surface area contributed by atoms with Gasteiger partial charge < -0.3 is 15.5 Å². The summed E-state index contributed by atoms with van der Waals surface area (Å²) in [5.74, 6) is 0.627. The zero-order valence-electron chi connectivity index (χ0n) is 19.0. The van der Waals surface area contributed by atoms with Crippen molar-refractivity contribution in [3.8, 4) is 0 Å². The molecule has 168 valence electrons. The first-order valence-corrected chi connectivity index (χ1v) is 10.3. The Hall–Kier alpha value is -1.68. The summed E-state index contributed by atoms with van der Waals surface area (Å²) in [6.07, 6.45) is 0.903. The highest BCUT2D eigenvalue weighted by Crippen LogP contribution is 2.14. The third-order valence-corrected chi connectivity index (χ3v) is 5.01. The number of aliphatic imine (C=N–C) groups is 1. The third-order valence-electron chi connectivity index (χ3n) is 5.01. The molecule has 2 N–H and O–H groups in total. The van der Waals surface area contributed by atoms with Crippen LogP contribution in [-0.2, 0) is 20.0 Å². The lowest BCUT2D eigenvalue weighted by Gasteiger charge is -2.19. The van der Waals surface area contributed by atoms with Crippen LogP contribution in [0.1, 0.15) is 36.4 Å². The number of rotatable bonds is 9. The molecule has 2 rings (SSSR count). The highest BCUT2D eigenvalue weighted by molar-refractivity contribution is 14.0. The van der Waals surface area contributed by atoms with Crippen LogP contribution in [-0.4, -0.2) is 53.4 Å². The molecule has 6 nitrogen and oxygen atoms in total. The minimum Gasteiger partial charge on any atom is -0.357 e. The van der Waals surface area contributed by atoms with E-state index in [1.807, 2.05) is 23.9 Å². The van der Waals surface area contributed by atoms with Gasteiger partial charge in [-0.05, 0) is 64.4 Å². The van der Waals surface area contributed by atoms with Gasteiger partial charge in [-0.2, -0.15) is 5.10 Å². The van der Waals surface area contributed by atoms with Gasteiger partial charge in [-0.3, -0.25) is 9.67 Å². The number of guanidine groups is 1. The molecule has 0 aliphatic heterocycles. The van der Waals surface area contributed by atoms with Crippen molar-refractivity contribution in [3.63, 3.8) is 0 Å². The predicted molar refractivity (Wildman–Crippen MR) is 133 cm³/mol. The molecule has 30 heavy (non-hydrogen) atoms. The van der Waals surface area contributed by atoms with E-state index in [0.717, 1.165) is 43.3 Å². The van der Waals surface area contributed by atoms with Crippen LogP contribution in [0.15, 0.2) is 29.3 Å². The number of aryl methyl sites for hydroxylation is 2. The molecule has 0 fully saturated rings. The molecule has 1 aromatic heterocycles. The van der Waals surface area contributed by atoms with Crippen molar-refractivity contribution in [2.24, 2.45) is 12.0 Å². The van der Waals surface area contributed by atoms with Crippen LogP contribution < -0.4 is 10.6 Å². The Morgan fingerprint density at radius 2 is 1.93 bits per heavy atom. The second-order valence-corrected chi connectivity index (χ2v) is 7.65. The first-order chi connectivity index (χ1) is 13.8. The van der Waals surface area contributed by atoms with Crippen LogP contribution in [0.3, 0.4) is 0 Å². The van der Waals surface area contributed by atoms with Crippen molar-refractivity contribution in [1.82, 2.24) is 25.3 Å². The molecular formula is C22H36FIN6. The maximum atomic E-state index is 13.0. The number of hydrogen-bond acceptors (Lipinski definition) is 3. The van der Waals surface area contributed by atoms with Crippen LogP contribution in [0.5, 0.6) is 0 Å². The molecule has 2 aromatic rings. The van der Waals surface area contributed by atoms with Crippen LogP contribution in [0.4, 0.5) is 4.39 Å². The monoisotopic (exact) mass is 530 g/mol. The molecular weight excluding hydrogens is 494 g/mol. The van der Waals surface area contributed by atoms with Gasteiger partial charge in [-0.15, -0.1) is 24.0 Å². The van der Waals surface area contributed by atoms with Crippen LogP contribution in [0, 0.1) is 19.7 Å². The zero-order valence-corrected chi connectivity index (χ0v) is 21.3. The molecule has 0 amide bonds. The van der Waals surface area contributed by atoms with Crippen molar-refractivity contribution in [2.75, 3.05) is 26.7 Å². The largest absolute Gasteiger partial charge is 0.357 e. The van der Waals surface area contributed by atoms with Crippen molar-refractivity contribution >= 4 is 29.9 Å². The van der Waals surface area contributed by atoms with Gasteiger partial charge in [0.05, 0.1) is 12.2 Å². The quantitative estimate of drug-likeness (QED) is 0.297. The van der Waals surface area contributed by atoms with E-state index >= 15 is 0 Å². The fourth-order valence-corrected chi connectivity index (χ4v) is 3.34. The Balaban J connectivity index is 0.00000450. The van der Waals surface area contributed by atoms with Crippen LogP contribution in [0.25, 0.3) is 0 Å². The van der Waals surface area contributed by atoms with E-state index in [2.05, 4.69) is 55.4 Å². The molecule has 0 saturated heterocycles. The first-order valence-electron chi connectivity index (χ1n) is 10.3. The maximum Gasteiger partial charge on any atom is 0.191 e. The molecule has 1 heterocycles. The molecule has 1 atom stereocenters. The fourth-order valence-electron chi connectivity index (χ4n) is 3.34. The van der Waals surface area contributed by atoms with Crippen molar-refractivity contribution in [1.29, 1.82) is 0 Å². The molecule has 0 spiro atoms. The number of hydrogen-bond donors (Lipinski definition) is 2. The molecule has 0 aliphatic rings. The molecule has 0 saturated carbocycles. The van der Waals surface area contributed by atoms with E-state index < -0.39 is 0 Å². The topological polar surface area (TPSA) is 57.5 Å². The summed E-state index contributed by atoms with van der Waals surface area (Å²) in [7, 11) is 4.04. The van der Waals surface area contributed by atoms with Crippen molar-refractivity contribution < 1.29 is 4.39 Å². The molecule has 0 bridgehead atoms. The summed E-state index contributed by atoms with van der Waals surface area (Å²) < 4.78 is 15.0. The van der Waals surface area contributed by atoms with E-state index in [1.54, 1.807) is 0 Å². The number of nitrogens with zero attached hydrogens (tertiary/aromatic N) is 4. The van der Waals surface area contributed by atoms with Gasteiger partial charge in [0.15, 0.2) is 5.96 Å². The predicted octanol–water partition coefficient (Wildman–Crippen LogP) is 3.41. The zero-order chi connectivity index (χ0) is 21.4. The summed E-state index contributed by atoms with van der Waals surface area (Å²) in [4.78, 5) is 6.90. The summed E-state index contributed by atoms with van der Waals surface area (Å²) >= 11 is 0. The minimum atomic E-state index is -0.201. The van der Waals surface area contributed by atoms with Crippen LogP contribution in [0.2, 0.25) is 0 Å². The summed E-state index contributed by atoms with van der Waals surface area (Å²) in [5, 5.41) is 11.3. The molecule has 8 heteroatoms. The Labute approximate surface area is 197 Å². The lowest BCUT2D eigenvalue weighted by atomic mass is 10.1. The van der Waals surface area contributed by atoms with Gasteiger partial charge in [0.25, 0.3) is 0 Å². The molecule has 1 unspecified atom stereocenters. The average molecular weight is 530 g/mol. The van der Waals surface area contributed by atoms with E-state index in [0.29, 0.717) is 6.54 Å². The summed E-state index contributed by atoms with van der Waals surface area (Å²) in [5.41, 5.74) is 4.68. The van der Waals surface area contributed by atoms with E-state index in [9.17, 15) is 4.39 Å². The number of likely N-dealkylation sites (N-methyl/N-ethyl adjacent to an activating group) is 1. The van der Waals surface area contributed by atoms with E-state index in [-0.39, 0.29) is 35.8 Å². The third kappa shape index (κ3) is 8.22. The standard InChI is InChI=1S/C22H35FN6.HI/c1-7-24-22(26-16(2)14-21-17(3)27-29(6)18(21)4)25-12-13-28(5)15-19-8-10-20(23)11-9-19;/h8-11,16H,7,12-15H2,1-6H3,(H2,24,25,26);1H. The van der Waals surface area contributed by atoms with E-state index in [1.165, 1.54) is 23.4 Å². The van der Waals surface area contributed by atoms with Gasteiger partial charge in [0, 0.05) is 38.4 Å².